The van der Waals surface area contributed by atoms with Gasteiger partial charge in [-0.2, -0.15) is 8.78 Å². The summed E-state index contributed by atoms with van der Waals surface area (Å²) >= 11 is 0. The molecular weight excluding hydrogens is 388 g/mol. The normalized spacial score (nSPS) is 16.1. The molecule has 0 fully saturated rings. The zero-order chi connectivity index (χ0) is 20.7. The maximum atomic E-state index is 12.9. The smallest absolute Gasteiger partial charge is 0.387 e. The second-order valence-corrected chi connectivity index (χ2v) is 9.11. The lowest BCUT2D eigenvalue weighted by Crippen LogP contribution is -2.35. The Kier molecular flexibility index (Phi) is 5.20. The summed E-state index contributed by atoms with van der Waals surface area (Å²) in [6.45, 7) is 3.77. The highest BCUT2D eigenvalue weighted by Crippen LogP contribution is 2.49. The molecule has 5 nitrogen and oxygen atoms in total. The van der Waals surface area contributed by atoms with Crippen molar-refractivity contribution in [3.8, 4) is 22.6 Å². The number of nitrogens with two attached hydrogens (primary N) is 1. The molecule has 0 spiro atoms. The largest absolute Gasteiger partial charge is 0.485 e. The minimum Gasteiger partial charge on any atom is -0.485 e. The average Bonchev–Trinajstić information content (AvgIpc) is 2.60. The van der Waals surface area contributed by atoms with Gasteiger partial charge in [0.1, 0.15) is 22.4 Å². The van der Waals surface area contributed by atoms with Crippen LogP contribution in [-0.2, 0) is 14.8 Å². The summed E-state index contributed by atoms with van der Waals surface area (Å²) in [4.78, 5) is 0. The van der Waals surface area contributed by atoms with E-state index >= 15 is 0 Å². The predicted molar refractivity (Wildman–Crippen MR) is 103 cm³/mol. The fourth-order valence-corrected chi connectivity index (χ4v) is 3.66. The van der Waals surface area contributed by atoms with E-state index in [1.807, 2.05) is 0 Å². The van der Waals surface area contributed by atoms with Crippen molar-refractivity contribution in [2.75, 3.05) is 0 Å². The zero-order valence-electron chi connectivity index (χ0n) is 15.5. The van der Waals surface area contributed by atoms with Crippen LogP contribution in [0.5, 0.6) is 11.5 Å². The summed E-state index contributed by atoms with van der Waals surface area (Å²) in [6, 6.07) is 9.69. The van der Waals surface area contributed by atoms with Crippen LogP contribution < -0.4 is 14.6 Å². The third-order valence-electron chi connectivity index (χ3n) is 4.93. The van der Waals surface area contributed by atoms with E-state index in [9.17, 15) is 17.2 Å². The van der Waals surface area contributed by atoms with Crippen molar-refractivity contribution in [1.29, 1.82) is 0 Å². The van der Waals surface area contributed by atoms with Gasteiger partial charge in [0.15, 0.2) is 0 Å². The van der Waals surface area contributed by atoms with Gasteiger partial charge < -0.3 is 9.47 Å². The second kappa shape index (κ2) is 7.18. The molecule has 150 valence electrons. The SMILES string of the molecule is C=CCC1Oc2cccc(OC(F)F)c2-c2ccc(C(C)(C)S(N)(=O)=O)cc21. The summed E-state index contributed by atoms with van der Waals surface area (Å²) in [5.74, 6) is 0.403. The van der Waals surface area contributed by atoms with Gasteiger partial charge in [0.25, 0.3) is 0 Å². The number of hydrogen-bond acceptors (Lipinski definition) is 4. The molecule has 1 aliphatic rings. The Hall–Kier alpha value is -2.45. The summed E-state index contributed by atoms with van der Waals surface area (Å²) in [5.41, 5.74) is 2.17. The number of primary sulfonamides is 1. The van der Waals surface area contributed by atoms with E-state index in [1.54, 1.807) is 36.4 Å². The third kappa shape index (κ3) is 3.49. The predicted octanol–water partition coefficient (Wildman–Crippen LogP) is 4.49. The number of fused-ring (bicyclic) bond motifs is 3. The first-order valence-electron chi connectivity index (χ1n) is 8.58. The topological polar surface area (TPSA) is 78.6 Å². The Morgan fingerprint density at radius 3 is 2.64 bits per heavy atom. The molecule has 1 unspecified atom stereocenters. The molecule has 0 aliphatic carbocycles. The highest BCUT2D eigenvalue weighted by Gasteiger charge is 2.36. The Morgan fingerprint density at radius 2 is 2.04 bits per heavy atom. The van der Waals surface area contributed by atoms with Crippen LogP contribution in [0.3, 0.4) is 0 Å². The van der Waals surface area contributed by atoms with Crippen LogP contribution in [0, 0.1) is 0 Å². The molecule has 2 aromatic rings. The molecule has 8 heteroatoms. The van der Waals surface area contributed by atoms with E-state index in [1.165, 1.54) is 19.9 Å². The quantitative estimate of drug-likeness (QED) is 0.713. The van der Waals surface area contributed by atoms with E-state index in [0.717, 1.165) is 0 Å². The Bertz CT molecular complexity index is 1020. The summed E-state index contributed by atoms with van der Waals surface area (Å²) in [7, 11) is -3.88. The highest BCUT2D eigenvalue weighted by molar-refractivity contribution is 7.90. The standard InChI is InChI=1S/C20H21F2NO4S/c1-4-6-15-14-11-12(20(2,3)28(23,24)25)9-10-13(14)18-16(26-15)7-5-8-17(18)27-19(21)22/h4-5,7-11,15,19H,1,6H2,2-3H3,(H2,23,24,25). The van der Waals surface area contributed by atoms with Gasteiger partial charge in [-0.05, 0) is 43.2 Å². The molecule has 3 rings (SSSR count). The lowest BCUT2D eigenvalue weighted by Gasteiger charge is -2.31. The number of rotatable bonds is 6. The van der Waals surface area contributed by atoms with E-state index < -0.39 is 27.5 Å². The van der Waals surface area contributed by atoms with Gasteiger partial charge in [-0.25, -0.2) is 13.6 Å². The van der Waals surface area contributed by atoms with Crippen LogP contribution in [0.2, 0.25) is 0 Å². The molecule has 2 N–H and O–H groups in total. The van der Waals surface area contributed by atoms with E-state index in [0.29, 0.717) is 34.4 Å². The van der Waals surface area contributed by atoms with Crippen LogP contribution in [0.1, 0.15) is 37.5 Å². The molecule has 1 aliphatic heterocycles. The first-order valence-corrected chi connectivity index (χ1v) is 10.1. The van der Waals surface area contributed by atoms with Crippen LogP contribution in [0.15, 0.2) is 49.1 Å². The maximum Gasteiger partial charge on any atom is 0.387 e. The summed E-state index contributed by atoms with van der Waals surface area (Å²) in [5, 5.41) is 5.39. The Labute approximate surface area is 162 Å². The fraction of sp³-hybridized carbons (Fsp3) is 0.300. The lowest BCUT2D eigenvalue weighted by atomic mass is 9.87. The van der Waals surface area contributed by atoms with Gasteiger partial charge in [-0.3, -0.25) is 0 Å². The minimum absolute atomic E-state index is 0.00994. The molecule has 1 atom stereocenters. The molecule has 0 bridgehead atoms. The molecular formula is C20H21F2NO4S. The van der Waals surface area contributed by atoms with E-state index in [2.05, 4.69) is 11.3 Å². The molecule has 0 saturated carbocycles. The first-order chi connectivity index (χ1) is 13.1. The molecule has 1 heterocycles. The number of hydrogen-bond donors (Lipinski definition) is 1. The van der Waals surface area contributed by atoms with Gasteiger partial charge in [0, 0.05) is 12.0 Å². The summed E-state index contributed by atoms with van der Waals surface area (Å²) < 4.78 is 59.1. The van der Waals surface area contributed by atoms with Gasteiger partial charge in [0.05, 0.1) is 5.56 Å². The van der Waals surface area contributed by atoms with Gasteiger partial charge in [0.2, 0.25) is 10.0 Å². The van der Waals surface area contributed by atoms with Crippen molar-refractivity contribution >= 4 is 10.0 Å². The van der Waals surface area contributed by atoms with Crippen LogP contribution in [-0.4, -0.2) is 15.0 Å². The van der Waals surface area contributed by atoms with Crippen molar-refractivity contribution in [3.05, 3.63) is 60.2 Å². The Morgan fingerprint density at radius 1 is 1.32 bits per heavy atom. The molecule has 28 heavy (non-hydrogen) atoms. The second-order valence-electron chi connectivity index (χ2n) is 7.00. The summed E-state index contributed by atoms with van der Waals surface area (Å²) in [6.07, 6.45) is 1.68. The number of alkyl halides is 2. The monoisotopic (exact) mass is 409 g/mol. The van der Waals surface area contributed by atoms with Gasteiger partial charge >= 0.3 is 6.61 Å². The fourth-order valence-electron chi connectivity index (χ4n) is 3.21. The number of ether oxygens (including phenoxy) is 2. The first kappa shape index (κ1) is 20.3. The van der Waals surface area contributed by atoms with Crippen molar-refractivity contribution in [3.63, 3.8) is 0 Å². The third-order valence-corrected chi connectivity index (χ3v) is 6.59. The van der Waals surface area contributed by atoms with Crippen molar-refractivity contribution < 1.29 is 26.7 Å². The molecule has 2 aromatic carbocycles. The van der Waals surface area contributed by atoms with Crippen molar-refractivity contribution in [2.24, 2.45) is 5.14 Å². The molecule has 0 saturated heterocycles. The number of benzene rings is 2. The minimum atomic E-state index is -3.88. The highest BCUT2D eigenvalue weighted by atomic mass is 32.2. The van der Waals surface area contributed by atoms with Crippen LogP contribution in [0.25, 0.3) is 11.1 Å². The molecule has 0 amide bonds. The maximum absolute atomic E-state index is 12.9. The molecule has 0 aromatic heterocycles. The van der Waals surface area contributed by atoms with E-state index in [-0.39, 0.29) is 5.75 Å². The number of sulfonamides is 1. The zero-order valence-corrected chi connectivity index (χ0v) is 16.3. The van der Waals surface area contributed by atoms with Crippen LogP contribution >= 0.6 is 0 Å². The Balaban J connectivity index is 2.23. The van der Waals surface area contributed by atoms with Gasteiger partial charge in [-0.15, -0.1) is 6.58 Å². The average molecular weight is 409 g/mol. The van der Waals surface area contributed by atoms with Crippen LogP contribution in [0.4, 0.5) is 8.78 Å². The van der Waals surface area contributed by atoms with E-state index in [4.69, 9.17) is 9.88 Å². The van der Waals surface area contributed by atoms with Crippen molar-refractivity contribution in [2.45, 2.75) is 37.7 Å². The van der Waals surface area contributed by atoms with Crippen molar-refractivity contribution in [1.82, 2.24) is 0 Å². The number of halogens is 2. The molecule has 0 radical (unpaired) electrons. The van der Waals surface area contributed by atoms with Gasteiger partial charge in [-0.1, -0.05) is 24.3 Å². The lowest BCUT2D eigenvalue weighted by molar-refractivity contribution is -0.0496.